The summed E-state index contributed by atoms with van der Waals surface area (Å²) in [4.78, 5) is 9.37. The van der Waals surface area contributed by atoms with Crippen LogP contribution in [0, 0.1) is 7.11 Å². The Morgan fingerprint density at radius 1 is 1.62 bits per heavy atom. The third-order valence-corrected chi connectivity index (χ3v) is 0.302. The number of carboxylic acid groups (broad SMARTS) is 1. The Morgan fingerprint density at radius 3 is 1.75 bits per heavy atom. The van der Waals surface area contributed by atoms with Crippen LogP contribution >= 0.6 is 0 Å². The van der Waals surface area contributed by atoms with Gasteiger partial charge in [0.1, 0.15) is 0 Å². The summed E-state index contributed by atoms with van der Waals surface area (Å²) in [5.41, 5.74) is 0. The van der Waals surface area contributed by atoms with Gasteiger partial charge in [-0.2, -0.15) is 0 Å². The van der Waals surface area contributed by atoms with Crippen molar-refractivity contribution in [3.63, 3.8) is 0 Å². The Hall–Kier alpha value is 0.430. The van der Waals surface area contributed by atoms with Gasteiger partial charge in [0.15, 0.2) is 0 Å². The first-order valence-electron chi connectivity index (χ1n) is 1.80. The van der Waals surface area contributed by atoms with E-state index in [1.54, 1.807) is 6.92 Å². The summed E-state index contributed by atoms with van der Waals surface area (Å²) in [6.45, 7) is 1.60. The molecule has 0 radical (unpaired) electrons. The third-order valence-electron chi connectivity index (χ3n) is 0.302. The van der Waals surface area contributed by atoms with Crippen molar-refractivity contribution in [2.24, 2.45) is 0 Å². The molecule has 0 aliphatic carbocycles. The normalized spacial score (nSPS) is 5.38. The summed E-state index contributed by atoms with van der Waals surface area (Å²) < 4.78 is 0. The molecule has 3 nitrogen and oxygen atoms in total. The predicted molar refractivity (Wildman–Crippen MR) is 25.2 cm³/mol. The first-order valence-corrected chi connectivity index (χ1v) is 1.80. The number of aliphatic hydroxyl groups is 1. The molecule has 0 amide bonds. The molecule has 0 aromatic heterocycles. The van der Waals surface area contributed by atoms with Gasteiger partial charge in [-0.3, -0.25) is 4.79 Å². The number of aliphatic carboxylic acids is 1. The molecule has 0 aromatic rings. The van der Waals surface area contributed by atoms with E-state index in [2.05, 4.69) is 7.11 Å². The van der Waals surface area contributed by atoms with E-state index in [0.717, 1.165) is 0 Å². The second-order valence-electron chi connectivity index (χ2n) is 0.747. The van der Waals surface area contributed by atoms with E-state index < -0.39 is 5.97 Å². The van der Waals surface area contributed by atoms with Crippen molar-refractivity contribution in [3.05, 3.63) is 7.11 Å². The van der Waals surface area contributed by atoms with Gasteiger partial charge in [0.05, 0.1) is 0 Å². The minimum absolute atomic E-state index is 0. The minimum atomic E-state index is -0.745. The zero-order valence-electron chi connectivity index (χ0n) is 5.22. The van der Waals surface area contributed by atoms with Gasteiger partial charge < -0.3 is 10.2 Å². The van der Waals surface area contributed by atoms with Crippen LogP contribution < -0.4 is 29.6 Å². The maximum atomic E-state index is 9.37. The Balaban J connectivity index is -0.0000000750. The fraction of sp³-hybridized carbons (Fsp3) is 0.500. The average Bonchev–Trinajstić information content (AvgIpc) is 1.73. The van der Waals surface area contributed by atoms with Gasteiger partial charge in [0, 0.05) is 6.42 Å². The molecule has 0 aromatic carbocycles. The molecule has 0 fully saturated rings. The smallest absolute Gasteiger partial charge is 0.569 e. The second-order valence-corrected chi connectivity index (χ2v) is 0.747. The third kappa shape index (κ3) is 32.1. The summed E-state index contributed by atoms with van der Waals surface area (Å²) in [5, 5.41) is 14.5. The fourth-order valence-corrected chi connectivity index (χ4v) is 0. The summed E-state index contributed by atoms with van der Waals surface area (Å²) in [6, 6.07) is 0. The molecule has 0 heterocycles. The largest absolute Gasteiger partial charge is 1.00 e. The Bertz CT molecular complexity index is 46.5. The van der Waals surface area contributed by atoms with Crippen LogP contribution in [0.15, 0.2) is 0 Å². The van der Waals surface area contributed by atoms with Gasteiger partial charge in [-0.25, -0.2) is 7.11 Å². The first kappa shape index (κ1) is 15.8. The Kier molecular flexibility index (Phi) is 30.9. The quantitative estimate of drug-likeness (QED) is 0.306. The fourth-order valence-electron chi connectivity index (χ4n) is 0. The van der Waals surface area contributed by atoms with Crippen LogP contribution in [0.4, 0.5) is 0 Å². The molecule has 0 unspecified atom stereocenters. The number of aliphatic hydroxyl groups excluding tert-OH is 1. The van der Waals surface area contributed by atoms with Crippen LogP contribution in [0.2, 0.25) is 0 Å². The van der Waals surface area contributed by atoms with Crippen LogP contribution in [0.25, 0.3) is 0 Å². The summed E-state index contributed by atoms with van der Waals surface area (Å²) in [7, 11) is 2.25. The summed E-state index contributed by atoms with van der Waals surface area (Å²) >= 11 is 0. The SMILES string of the molecule is CCC(=O)O.[CH2-]O.[Na+]. The predicted octanol–water partition coefficient (Wildman–Crippen LogP) is -2.36. The molecule has 0 spiro atoms. The molecule has 0 aliphatic rings. The van der Waals surface area contributed by atoms with Gasteiger partial charge in [-0.1, -0.05) is 6.92 Å². The van der Waals surface area contributed by atoms with Crippen molar-refractivity contribution < 1.29 is 44.6 Å². The molecule has 0 saturated carbocycles. The van der Waals surface area contributed by atoms with Crippen molar-refractivity contribution in [2.45, 2.75) is 13.3 Å². The number of carbonyl (C=O) groups is 1. The van der Waals surface area contributed by atoms with Crippen molar-refractivity contribution in [3.8, 4) is 0 Å². The number of rotatable bonds is 1. The molecule has 44 valence electrons. The van der Waals surface area contributed by atoms with Gasteiger partial charge >= 0.3 is 35.5 Å². The van der Waals surface area contributed by atoms with Gasteiger partial charge in [-0.15, -0.1) is 0 Å². The van der Waals surface area contributed by atoms with Crippen molar-refractivity contribution in [1.82, 2.24) is 0 Å². The van der Waals surface area contributed by atoms with Crippen LogP contribution in [0.5, 0.6) is 0 Å². The number of hydrogen-bond acceptors (Lipinski definition) is 2. The maximum Gasteiger partial charge on any atom is 1.00 e. The number of hydrogen-bond donors (Lipinski definition) is 2. The van der Waals surface area contributed by atoms with E-state index in [-0.39, 0.29) is 36.0 Å². The van der Waals surface area contributed by atoms with Crippen LogP contribution in [0.1, 0.15) is 13.3 Å². The topological polar surface area (TPSA) is 57.5 Å². The molecule has 4 heteroatoms. The van der Waals surface area contributed by atoms with E-state index in [0.29, 0.717) is 0 Å². The van der Waals surface area contributed by atoms with E-state index in [4.69, 9.17) is 10.2 Å². The standard InChI is InChI=1S/C3H6O2.CH3O.Na/c1-2-3(4)5;1-2;/h2H2,1H3,(H,4,5);2H,1H2;/q;-1;+1. The van der Waals surface area contributed by atoms with Crippen LogP contribution in [-0.4, -0.2) is 16.2 Å². The average molecular weight is 128 g/mol. The molecule has 2 N–H and O–H groups in total. The molecular formula is C4H9NaO3. The summed E-state index contributed by atoms with van der Waals surface area (Å²) in [5.74, 6) is -0.745. The molecule has 0 aliphatic heterocycles. The van der Waals surface area contributed by atoms with Gasteiger partial charge in [0.25, 0.3) is 0 Å². The van der Waals surface area contributed by atoms with Gasteiger partial charge in [-0.05, 0) is 0 Å². The maximum absolute atomic E-state index is 9.37. The molecule has 0 rings (SSSR count). The van der Waals surface area contributed by atoms with Crippen molar-refractivity contribution >= 4 is 5.97 Å². The zero-order chi connectivity index (χ0) is 6.28. The first-order chi connectivity index (χ1) is 3.27. The Morgan fingerprint density at radius 2 is 1.75 bits per heavy atom. The number of carboxylic acids is 1. The molecule has 8 heavy (non-hydrogen) atoms. The van der Waals surface area contributed by atoms with Gasteiger partial charge in [0.2, 0.25) is 0 Å². The van der Waals surface area contributed by atoms with E-state index in [1.165, 1.54) is 0 Å². The van der Waals surface area contributed by atoms with E-state index >= 15 is 0 Å². The monoisotopic (exact) mass is 128 g/mol. The minimum Gasteiger partial charge on any atom is -0.569 e. The molecule has 0 saturated heterocycles. The Labute approximate surface area is 71.0 Å². The molecule has 0 atom stereocenters. The van der Waals surface area contributed by atoms with Crippen molar-refractivity contribution in [1.29, 1.82) is 0 Å². The van der Waals surface area contributed by atoms with Crippen LogP contribution in [-0.2, 0) is 4.79 Å². The molecule has 0 bridgehead atoms. The second kappa shape index (κ2) is 15.7. The molecular weight excluding hydrogens is 119 g/mol. The zero-order valence-corrected chi connectivity index (χ0v) is 7.22. The summed E-state index contributed by atoms with van der Waals surface area (Å²) in [6.07, 6.45) is 0.222. The van der Waals surface area contributed by atoms with E-state index in [1.807, 2.05) is 0 Å². The van der Waals surface area contributed by atoms with Crippen molar-refractivity contribution in [2.75, 3.05) is 0 Å². The van der Waals surface area contributed by atoms with Crippen LogP contribution in [0.3, 0.4) is 0 Å². The van der Waals surface area contributed by atoms with E-state index in [9.17, 15) is 4.79 Å².